The maximum absolute atomic E-state index is 12.0. The van der Waals surface area contributed by atoms with Crippen molar-refractivity contribution in [3.05, 3.63) is 0 Å². The Morgan fingerprint density at radius 3 is 1.22 bits per heavy atom. The van der Waals surface area contributed by atoms with Crippen LogP contribution in [0.1, 0.15) is 27.7 Å². The lowest BCUT2D eigenvalue weighted by Gasteiger charge is -2.22. The second kappa shape index (κ2) is 8.13. The SMILES string of the molecule is CC(C)[SiH](OS(=O)(=O)C(F)(F)F)C(C)C.O=S(=O)(O)C(F)(F)F. The smallest absolute Gasteiger partial charge is 0.311 e. The first-order chi connectivity index (χ1) is 9.74. The van der Waals surface area contributed by atoms with E-state index >= 15 is 0 Å². The quantitative estimate of drug-likeness (QED) is 0.329. The first-order valence-corrected chi connectivity index (χ1v) is 10.4. The van der Waals surface area contributed by atoms with Gasteiger partial charge in [0.25, 0.3) is 0 Å². The molecule has 15 heteroatoms. The predicted octanol–water partition coefficient (Wildman–Crippen LogP) is 2.79. The van der Waals surface area contributed by atoms with Crippen LogP contribution >= 0.6 is 0 Å². The van der Waals surface area contributed by atoms with Gasteiger partial charge in [-0.15, -0.1) is 0 Å². The maximum atomic E-state index is 12.0. The van der Waals surface area contributed by atoms with Crippen molar-refractivity contribution in [3.8, 4) is 0 Å². The fourth-order valence-corrected chi connectivity index (χ4v) is 6.12. The Hall–Kier alpha value is -0.383. The van der Waals surface area contributed by atoms with Crippen LogP contribution in [0.25, 0.3) is 0 Å². The Bertz CT molecular complexity index is 557. The molecule has 6 nitrogen and oxygen atoms in total. The Labute approximate surface area is 131 Å². The van der Waals surface area contributed by atoms with E-state index in [0.29, 0.717) is 0 Å². The first kappa shape index (κ1) is 24.9. The standard InChI is InChI=1S/C7H15F3O3SSi.CHF3O3S/c1-5(2)15(6(3)4)13-14(11,12)7(8,9)10;2-1(3,4)8(5,6)7/h5-6,15H,1-4H3;(H,5,6,7). The summed E-state index contributed by atoms with van der Waals surface area (Å²) in [5, 5.41) is 0. The average Bonchev–Trinajstić information content (AvgIpc) is 2.21. The third kappa shape index (κ3) is 8.87. The highest BCUT2D eigenvalue weighted by molar-refractivity contribution is 7.88. The van der Waals surface area contributed by atoms with E-state index in [1.54, 1.807) is 27.7 Å². The summed E-state index contributed by atoms with van der Waals surface area (Å²) in [7, 11) is -13.7. The van der Waals surface area contributed by atoms with Gasteiger partial charge in [0.1, 0.15) is 0 Å². The number of alkyl halides is 6. The van der Waals surface area contributed by atoms with E-state index < -0.39 is 40.3 Å². The van der Waals surface area contributed by atoms with Gasteiger partial charge in [-0.1, -0.05) is 27.7 Å². The largest absolute Gasteiger partial charge is 0.522 e. The second-order valence-electron chi connectivity index (χ2n) is 4.87. The molecule has 0 heterocycles. The molecule has 0 rings (SSSR count). The second-order valence-corrected chi connectivity index (χ2v) is 12.0. The molecule has 1 N–H and O–H groups in total. The molecule has 0 aromatic heterocycles. The molecule has 0 fully saturated rings. The Kier molecular flexibility index (Phi) is 8.79. The molecule has 0 saturated heterocycles. The molecule has 142 valence electrons. The molecule has 0 aromatic carbocycles. The van der Waals surface area contributed by atoms with Crippen LogP contribution in [0.5, 0.6) is 0 Å². The van der Waals surface area contributed by atoms with E-state index in [0.717, 1.165) is 0 Å². The molecule has 0 radical (unpaired) electrons. The zero-order chi connectivity index (χ0) is 19.4. The maximum Gasteiger partial charge on any atom is 0.522 e. The predicted molar refractivity (Wildman–Crippen MR) is 71.0 cm³/mol. The first-order valence-electron chi connectivity index (χ1n) is 5.77. The normalized spacial score (nSPS) is 14.2. The number of rotatable bonds is 4. The van der Waals surface area contributed by atoms with Gasteiger partial charge in [0.2, 0.25) is 9.04 Å². The topological polar surface area (TPSA) is 97.7 Å². The molecule has 0 aromatic rings. The summed E-state index contributed by atoms with van der Waals surface area (Å²) in [6.07, 6.45) is 0. The van der Waals surface area contributed by atoms with Crippen LogP contribution in [0.4, 0.5) is 26.3 Å². The van der Waals surface area contributed by atoms with Crippen LogP contribution in [0.3, 0.4) is 0 Å². The van der Waals surface area contributed by atoms with Crippen molar-refractivity contribution in [3.63, 3.8) is 0 Å². The lowest BCUT2D eigenvalue weighted by molar-refractivity contribution is -0.0512. The molecule has 0 atom stereocenters. The van der Waals surface area contributed by atoms with Gasteiger partial charge in [0.15, 0.2) is 0 Å². The van der Waals surface area contributed by atoms with Gasteiger partial charge in [0.05, 0.1) is 0 Å². The molecule has 0 aliphatic carbocycles. The van der Waals surface area contributed by atoms with Crippen LogP contribution in [-0.2, 0) is 24.1 Å². The third-order valence-electron chi connectivity index (χ3n) is 2.13. The van der Waals surface area contributed by atoms with Crippen molar-refractivity contribution < 1.29 is 51.6 Å². The molecular formula is C8H16F6O6S2Si. The molecule has 0 saturated carbocycles. The van der Waals surface area contributed by atoms with Crippen molar-refractivity contribution >= 4 is 29.3 Å². The van der Waals surface area contributed by atoms with Gasteiger partial charge in [-0.3, -0.25) is 4.55 Å². The average molecular weight is 414 g/mol. The summed E-state index contributed by atoms with van der Waals surface area (Å²) < 4.78 is 119. The van der Waals surface area contributed by atoms with E-state index in [9.17, 15) is 34.8 Å². The monoisotopic (exact) mass is 414 g/mol. The van der Waals surface area contributed by atoms with Crippen molar-refractivity contribution in [2.45, 2.75) is 49.8 Å². The number of halogens is 6. The zero-order valence-corrected chi connectivity index (χ0v) is 15.1. The Morgan fingerprint density at radius 1 is 0.826 bits per heavy atom. The lowest BCUT2D eigenvalue weighted by Crippen LogP contribution is -2.35. The van der Waals surface area contributed by atoms with Gasteiger partial charge >= 0.3 is 31.3 Å². The minimum Gasteiger partial charge on any atom is -0.311 e. The van der Waals surface area contributed by atoms with Gasteiger partial charge < -0.3 is 3.87 Å². The Morgan fingerprint density at radius 2 is 1.09 bits per heavy atom. The van der Waals surface area contributed by atoms with Crippen LogP contribution in [0.2, 0.25) is 11.1 Å². The van der Waals surface area contributed by atoms with E-state index in [1.165, 1.54) is 0 Å². The van der Waals surface area contributed by atoms with E-state index in [4.69, 9.17) is 13.0 Å². The molecule has 0 aliphatic rings. The van der Waals surface area contributed by atoms with Gasteiger partial charge in [-0.25, -0.2) is 0 Å². The van der Waals surface area contributed by atoms with Crippen molar-refractivity contribution in [2.24, 2.45) is 0 Å². The highest BCUT2D eigenvalue weighted by atomic mass is 32.2. The highest BCUT2D eigenvalue weighted by Gasteiger charge is 2.49. The molecule has 0 amide bonds. The third-order valence-corrected chi connectivity index (χ3v) is 7.81. The van der Waals surface area contributed by atoms with Crippen LogP contribution in [0.15, 0.2) is 0 Å². The van der Waals surface area contributed by atoms with Crippen molar-refractivity contribution in [2.75, 3.05) is 0 Å². The van der Waals surface area contributed by atoms with Crippen molar-refractivity contribution in [1.82, 2.24) is 0 Å². The molecule has 0 aliphatic heterocycles. The van der Waals surface area contributed by atoms with Crippen LogP contribution in [-0.4, -0.2) is 41.4 Å². The highest BCUT2D eigenvalue weighted by Crippen LogP contribution is 2.30. The minimum absolute atomic E-state index is 0.165. The van der Waals surface area contributed by atoms with E-state index in [-0.39, 0.29) is 11.1 Å². The van der Waals surface area contributed by atoms with E-state index in [1.807, 2.05) is 0 Å². The molecular weight excluding hydrogens is 398 g/mol. The summed E-state index contributed by atoms with van der Waals surface area (Å²) >= 11 is 0. The van der Waals surface area contributed by atoms with Gasteiger partial charge in [-0.05, 0) is 11.1 Å². The summed E-state index contributed by atoms with van der Waals surface area (Å²) in [4.78, 5) is 0. The Balaban J connectivity index is 0. The number of hydrogen-bond acceptors (Lipinski definition) is 5. The van der Waals surface area contributed by atoms with Gasteiger partial charge in [-0.2, -0.15) is 43.2 Å². The fourth-order valence-electron chi connectivity index (χ4n) is 1.19. The molecule has 0 spiro atoms. The lowest BCUT2D eigenvalue weighted by atomic mass is 10.5. The fraction of sp³-hybridized carbons (Fsp3) is 1.00. The molecule has 0 bridgehead atoms. The molecule has 23 heavy (non-hydrogen) atoms. The summed E-state index contributed by atoms with van der Waals surface area (Å²) in [5.41, 5.74) is -11.2. The van der Waals surface area contributed by atoms with Crippen LogP contribution in [0, 0.1) is 0 Å². The summed E-state index contributed by atoms with van der Waals surface area (Å²) in [6, 6.07) is 0. The van der Waals surface area contributed by atoms with Crippen LogP contribution < -0.4 is 0 Å². The minimum atomic E-state index is -5.84. The summed E-state index contributed by atoms with van der Waals surface area (Å²) in [5.74, 6) is 0. The van der Waals surface area contributed by atoms with E-state index in [2.05, 4.69) is 3.87 Å². The zero-order valence-electron chi connectivity index (χ0n) is 12.3. The molecule has 0 unspecified atom stereocenters. The number of hydrogen-bond donors (Lipinski definition) is 1. The van der Waals surface area contributed by atoms with Crippen molar-refractivity contribution in [1.29, 1.82) is 0 Å². The van der Waals surface area contributed by atoms with Gasteiger partial charge in [0, 0.05) is 0 Å². The summed E-state index contributed by atoms with van der Waals surface area (Å²) in [6.45, 7) is 6.68.